The van der Waals surface area contributed by atoms with Gasteiger partial charge in [0, 0.05) is 31.4 Å². The molecular weight excluding hydrogens is 342 g/mol. The zero-order valence-electron chi connectivity index (χ0n) is 14.1. The van der Waals surface area contributed by atoms with E-state index < -0.39 is 10.0 Å². The van der Waals surface area contributed by atoms with Gasteiger partial charge in [0.1, 0.15) is 0 Å². The van der Waals surface area contributed by atoms with Crippen molar-refractivity contribution in [3.8, 4) is 0 Å². The Balaban J connectivity index is 1.60. The van der Waals surface area contributed by atoms with Crippen LogP contribution in [0, 0.1) is 13.8 Å². The lowest BCUT2D eigenvalue weighted by Gasteiger charge is -2.12. The van der Waals surface area contributed by atoms with E-state index in [2.05, 4.69) is 14.6 Å². The Hall–Kier alpha value is -1.44. The molecule has 130 valence electrons. The summed E-state index contributed by atoms with van der Waals surface area (Å²) in [4.78, 5) is 7.29. The SMILES string of the molecule is Cc1ccc(C)c(S(=O)(=O)NCCc2csc(N3CCCC3)n2)c1. The molecule has 0 aliphatic carbocycles. The van der Waals surface area contributed by atoms with Gasteiger partial charge in [0.25, 0.3) is 0 Å². The first-order chi connectivity index (χ1) is 11.5. The summed E-state index contributed by atoms with van der Waals surface area (Å²) < 4.78 is 27.6. The maximum atomic E-state index is 12.5. The second-order valence-corrected chi connectivity index (χ2v) is 8.80. The fourth-order valence-electron chi connectivity index (χ4n) is 2.85. The van der Waals surface area contributed by atoms with Crippen LogP contribution in [0.25, 0.3) is 0 Å². The third-order valence-corrected chi connectivity index (χ3v) is 6.78. The van der Waals surface area contributed by atoms with E-state index in [-0.39, 0.29) is 0 Å². The van der Waals surface area contributed by atoms with E-state index in [9.17, 15) is 8.42 Å². The zero-order chi connectivity index (χ0) is 17.2. The van der Waals surface area contributed by atoms with E-state index in [0.717, 1.165) is 35.0 Å². The van der Waals surface area contributed by atoms with Crippen LogP contribution in [0.2, 0.25) is 0 Å². The molecule has 1 saturated heterocycles. The zero-order valence-corrected chi connectivity index (χ0v) is 15.7. The van der Waals surface area contributed by atoms with Gasteiger partial charge in [-0.2, -0.15) is 0 Å². The highest BCUT2D eigenvalue weighted by Gasteiger charge is 2.18. The maximum absolute atomic E-state index is 12.5. The Labute approximate surface area is 147 Å². The summed E-state index contributed by atoms with van der Waals surface area (Å²) in [6, 6.07) is 5.47. The van der Waals surface area contributed by atoms with E-state index >= 15 is 0 Å². The summed E-state index contributed by atoms with van der Waals surface area (Å²) in [5, 5.41) is 3.08. The lowest BCUT2D eigenvalue weighted by molar-refractivity contribution is 0.580. The molecule has 3 rings (SSSR count). The van der Waals surface area contributed by atoms with E-state index in [1.807, 2.05) is 31.4 Å². The van der Waals surface area contributed by atoms with Crippen molar-refractivity contribution in [2.75, 3.05) is 24.5 Å². The van der Waals surface area contributed by atoms with Gasteiger partial charge >= 0.3 is 0 Å². The van der Waals surface area contributed by atoms with Gasteiger partial charge < -0.3 is 4.90 Å². The first-order valence-electron chi connectivity index (χ1n) is 8.22. The summed E-state index contributed by atoms with van der Waals surface area (Å²) in [7, 11) is -3.48. The van der Waals surface area contributed by atoms with E-state index in [4.69, 9.17) is 0 Å². The topological polar surface area (TPSA) is 62.3 Å². The normalized spacial score (nSPS) is 15.2. The van der Waals surface area contributed by atoms with Gasteiger partial charge in [-0.15, -0.1) is 11.3 Å². The molecule has 0 amide bonds. The molecule has 2 heterocycles. The van der Waals surface area contributed by atoms with Crippen LogP contribution in [0.3, 0.4) is 0 Å². The van der Waals surface area contributed by atoms with E-state index in [0.29, 0.717) is 17.9 Å². The highest BCUT2D eigenvalue weighted by molar-refractivity contribution is 7.89. The molecule has 24 heavy (non-hydrogen) atoms. The molecule has 0 saturated carbocycles. The summed E-state index contributed by atoms with van der Waals surface area (Å²) >= 11 is 1.64. The fourth-order valence-corrected chi connectivity index (χ4v) is 5.13. The van der Waals surface area contributed by atoms with Crippen molar-refractivity contribution in [1.29, 1.82) is 0 Å². The van der Waals surface area contributed by atoms with Crippen LogP contribution in [-0.2, 0) is 16.4 Å². The molecule has 0 bridgehead atoms. The van der Waals surface area contributed by atoms with Gasteiger partial charge in [-0.05, 0) is 43.9 Å². The van der Waals surface area contributed by atoms with Gasteiger partial charge in [0.15, 0.2) is 5.13 Å². The smallest absolute Gasteiger partial charge is 0.240 e. The Morgan fingerprint density at radius 1 is 1.25 bits per heavy atom. The molecule has 0 radical (unpaired) electrons. The number of hydrogen-bond acceptors (Lipinski definition) is 5. The van der Waals surface area contributed by atoms with Gasteiger partial charge in [-0.3, -0.25) is 0 Å². The average molecular weight is 366 g/mol. The maximum Gasteiger partial charge on any atom is 0.240 e. The predicted molar refractivity (Wildman–Crippen MR) is 98.4 cm³/mol. The molecule has 1 aromatic heterocycles. The van der Waals surface area contributed by atoms with Crippen molar-refractivity contribution < 1.29 is 8.42 Å². The minimum Gasteiger partial charge on any atom is -0.348 e. The van der Waals surface area contributed by atoms with E-state index in [1.54, 1.807) is 17.4 Å². The molecule has 7 heteroatoms. The standard InChI is InChI=1S/C17H23N3O2S2/c1-13-5-6-14(2)16(11-13)24(21,22)18-8-7-15-12-23-17(19-15)20-9-3-4-10-20/h5-6,11-12,18H,3-4,7-10H2,1-2H3. The summed E-state index contributed by atoms with van der Waals surface area (Å²) in [6.07, 6.45) is 3.06. The van der Waals surface area contributed by atoms with Crippen LogP contribution in [0.4, 0.5) is 5.13 Å². The van der Waals surface area contributed by atoms with Gasteiger partial charge in [-0.25, -0.2) is 18.1 Å². The number of hydrogen-bond donors (Lipinski definition) is 1. The van der Waals surface area contributed by atoms with Crippen molar-refractivity contribution in [3.63, 3.8) is 0 Å². The molecule has 1 N–H and O–H groups in total. The van der Waals surface area contributed by atoms with Gasteiger partial charge in [0.05, 0.1) is 10.6 Å². The summed E-state index contributed by atoms with van der Waals surface area (Å²) in [5.74, 6) is 0. The van der Waals surface area contributed by atoms with Crippen LogP contribution >= 0.6 is 11.3 Å². The molecule has 0 unspecified atom stereocenters. The van der Waals surface area contributed by atoms with Crippen LogP contribution < -0.4 is 9.62 Å². The first kappa shape index (κ1) is 17.4. The lowest BCUT2D eigenvalue weighted by atomic mass is 10.2. The number of aryl methyl sites for hydroxylation is 2. The van der Waals surface area contributed by atoms with Crippen LogP contribution in [-0.4, -0.2) is 33.0 Å². The molecule has 2 aromatic rings. The Kier molecular flexibility index (Phi) is 5.22. The van der Waals surface area contributed by atoms with Crippen molar-refractivity contribution in [1.82, 2.24) is 9.71 Å². The van der Waals surface area contributed by atoms with Crippen molar-refractivity contribution >= 4 is 26.5 Å². The molecule has 1 aliphatic heterocycles. The third-order valence-electron chi connectivity index (χ3n) is 4.22. The minimum atomic E-state index is -3.48. The second-order valence-electron chi connectivity index (χ2n) is 6.23. The third kappa shape index (κ3) is 3.96. The number of aromatic nitrogens is 1. The molecular formula is C17H23N3O2S2. The monoisotopic (exact) mass is 365 g/mol. The van der Waals surface area contributed by atoms with Gasteiger partial charge in [0.2, 0.25) is 10.0 Å². The lowest BCUT2D eigenvalue weighted by Crippen LogP contribution is -2.26. The Bertz CT molecular complexity index is 809. The number of anilines is 1. The average Bonchev–Trinajstić information content (AvgIpc) is 3.20. The highest BCUT2D eigenvalue weighted by atomic mass is 32.2. The molecule has 0 spiro atoms. The largest absolute Gasteiger partial charge is 0.348 e. The molecule has 0 atom stereocenters. The van der Waals surface area contributed by atoms with Crippen LogP contribution in [0.5, 0.6) is 0 Å². The number of sulfonamides is 1. The first-order valence-corrected chi connectivity index (χ1v) is 10.6. The van der Waals surface area contributed by atoms with Crippen LogP contribution in [0.1, 0.15) is 29.7 Å². The Morgan fingerprint density at radius 2 is 2.00 bits per heavy atom. The molecule has 5 nitrogen and oxygen atoms in total. The molecule has 1 aliphatic rings. The fraction of sp³-hybridized carbons (Fsp3) is 0.471. The van der Waals surface area contributed by atoms with Crippen molar-refractivity contribution in [3.05, 3.63) is 40.4 Å². The number of nitrogens with zero attached hydrogens (tertiary/aromatic N) is 2. The predicted octanol–water partition coefficient (Wildman–Crippen LogP) is 2.88. The molecule has 1 fully saturated rings. The van der Waals surface area contributed by atoms with Crippen LogP contribution in [0.15, 0.2) is 28.5 Å². The second kappa shape index (κ2) is 7.21. The minimum absolute atomic E-state index is 0.360. The number of nitrogens with one attached hydrogen (secondary N) is 1. The van der Waals surface area contributed by atoms with E-state index in [1.165, 1.54) is 12.8 Å². The highest BCUT2D eigenvalue weighted by Crippen LogP contribution is 2.24. The number of rotatable bonds is 6. The summed E-state index contributed by atoms with van der Waals surface area (Å²) in [5.41, 5.74) is 2.65. The summed E-state index contributed by atoms with van der Waals surface area (Å²) in [6.45, 7) is 6.22. The van der Waals surface area contributed by atoms with Crippen molar-refractivity contribution in [2.45, 2.75) is 38.0 Å². The number of benzene rings is 1. The van der Waals surface area contributed by atoms with Crippen molar-refractivity contribution in [2.24, 2.45) is 0 Å². The quantitative estimate of drug-likeness (QED) is 0.855. The molecule has 1 aromatic carbocycles. The Morgan fingerprint density at radius 3 is 2.75 bits per heavy atom. The number of thiazole rings is 1. The van der Waals surface area contributed by atoms with Gasteiger partial charge in [-0.1, -0.05) is 12.1 Å².